The molecule has 0 aliphatic carbocycles. The molecule has 0 spiro atoms. The van der Waals surface area contributed by atoms with E-state index in [1.54, 1.807) is 11.0 Å². The molecule has 2 atom stereocenters. The van der Waals surface area contributed by atoms with Crippen LogP contribution in [0, 0.1) is 0 Å². The van der Waals surface area contributed by atoms with Crippen molar-refractivity contribution >= 4 is 5.78 Å². The number of ketones is 1. The van der Waals surface area contributed by atoms with E-state index in [0.29, 0.717) is 51.8 Å². The molecule has 0 amide bonds. The van der Waals surface area contributed by atoms with E-state index < -0.39 is 18.9 Å². The molecule has 0 aromatic carbocycles. The largest absolute Gasteiger partial charge is 0.510 e. The van der Waals surface area contributed by atoms with Gasteiger partial charge in [0.05, 0.1) is 25.8 Å². The van der Waals surface area contributed by atoms with E-state index >= 15 is 0 Å². The molecule has 1 aliphatic heterocycles. The Morgan fingerprint density at radius 1 is 1.38 bits per heavy atom. The summed E-state index contributed by atoms with van der Waals surface area (Å²) in [4.78, 5) is 17.5. The van der Waals surface area contributed by atoms with Crippen molar-refractivity contribution in [3.63, 3.8) is 0 Å². The van der Waals surface area contributed by atoms with E-state index in [9.17, 15) is 15.0 Å². The number of hydrogen-bond donors (Lipinski definition) is 4. The SMILES string of the molecule is C=CCN(CC(=O)C(N)CO)C(O)CN1CCN(/C(=C\O)OCC)CC1. The standard InChI is InChI=1S/C17H32N4O5/c1-3-5-21(10-15(24)14(18)12-22)16(25)11-19-6-8-20(9-7-19)17(13-23)26-4-2/h3,13-14,16,22-23,25H,1,4-12,18H2,2H3/b17-13+. The zero-order valence-corrected chi connectivity index (χ0v) is 15.5. The number of hydrogen-bond acceptors (Lipinski definition) is 9. The summed E-state index contributed by atoms with van der Waals surface area (Å²) in [5, 5.41) is 28.7. The average Bonchev–Trinajstić information content (AvgIpc) is 2.65. The van der Waals surface area contributed by atoms with Crippen molar-refractivity contribution < 1.29 is 24.9 Å². The van der Waals surface area contributed by atoms with Crippen LogP contribution in [-0.2, 0) is 9.53 Å². The van der Waals surface area contributed by atoms with Crippen LogP contribution in [0.25, 0.3) is 0 Å². The maximum absolute atomic E-state index is 11.9. The van der Waals surface area contributed by atoms with Gasteiger partial charge in [0.1, 0.15) is 12.5 Å². The number of aliphatic hydroxyl groups is 3. The lowest BCUT2D eigenvalue weighted by Gasteiger charge is -2.38. The minimum absolute atomic E-state index is 0.0450. The number of β-amino-alcohol motifs (C(OH)–C–C–N with tert-alkyl or cyclic N) is 1. The topological polar surface area (TPSA) is 123 Å². The Balaban J connectivity index is 2.53. The van der Waals surface area contributed by atoms with Gasteiger partial charge in [-0.25, -0.2) is 0 Å². The van der Waals surface area contributed by atoms with Gasteiger partial charge in [-0.05, 0) is 6.92 Å². The molecule has 9 heteroatoms. The molecular weight excluding hydrogens is 340 g/mol. The molecule has 26 heavy (non-hydrogen) atoms. The summed E-state index contributed by atoms with van der Waals surface area (Å²) in [6.45, 7) is 8.93. The van der Waals surface area contributed by atoms with Gasteiger partial charge in [0, 0.05) is 39.3 Å². The first-order chi connectivity index (χ1) is 12.5. The predicted octanol–water partition coefficient (Wildman–Crippen LogP) is -1.31. The van der Waals surface area contributed by atoms with Crippen molar-refractivity contribution in [3.8, 4) is 0 Å². The molecule has 1 saturated heterocycles. The lowest BCUT2D eigenvalue weighted by atomic mass is 10.2. The smallest absolute Gasteiger partial charge is 0.225 e. The monoisotopic (exact) mass is 372 g/mol. The molecule has 0 radical (unpaired) electrons. The molecule has 1 aliphatic rings. The Bertz CT molecular complexity index is 466. The van der Waals surface area contributed by atoms with Gasteiger partial charge in [0.2, 0.25) is 5.88 Å². The lowest BCUT2D eigenvalue weighted by molar-refractivity contribution is -0.125. The van der Waals surface area contributed by atoms with Gasteiger partial charge in [0.25, 0.3) is 0 Å². The van der Waals surface area contributed by atoms with Gasteiger partial charge in [-0.1, -0.05) is 6.08 Å². The summed E-state index contributed by atoms with van der Waals surface area (Å²) in [7, 11) is 0. The van der Waals surface area contributed by atoms with Crippen LogP contribution in [0.15, 0.2) is 24.8 Å². The summed E-state index contributed by atoms with van der Waals surface area (Å²) in [5.74, 6) is 0.122. The summed E-state index contributed by atoms with van der Waals surface area (Å²) in [6, 6.07) is -0.944. The first-order valence-corrected chi connectivity index (χ1v) is 8.83. The van der Waals surface area contributed by atoms with E-state index in [0.717, 1.165) is 6.26 Å². The van der Waals surface area contributed by atoms with Crippen molar-refractivity contribution in [2.45, 2.75) is 19.2 Å². The summed E-state index contributed by atoms with van der Waals surface area (Å²) in [6.07, 6.45) is 1.73. The number of Topliss-reactive ketones (excluding diaryl/α,β-unsaturated/α-hetero) is 1. The Hall–Kier alpha value is -1.65. The number of carbonyl (C=O) groups is 1. The van der Waals surface area contributed by atoms with Crippen molar-refractivity contribution in [2.75, 3.05) is 59.0 Å². The van der Waals surface area contributed by atoms with Crippen molar-refractivity contribution in [1.82, 2.24) is 14.7 Å². The fraction of sp³-hybridized carbons (Fsp3) is 0.706. The molecule has 150 valence electrons. The fourth-order valence-corrected chi connectivity index (χ4v) is 2.73. The Kier molecular flexibility index (Phi) is 10.2. The van der Waals surface area contributed by atoms with E-state index in [-0.39, 0.29) is 12.3 Å². The molecule has 0 aromatic heterocycles. The third kappa shape index (κ3) is 6.93. The number of rotatable bonds is 12. The molecule has 0 bridgehead atoms. The van der Waals surface area contributed by atoms with Crippen LogP contribution < -0.4 is 5.73 Å². The molecule has 1 heterocycles. The van der Waals surface area contributed by atoms with Gasteiger partial charge in [-0.15, -0.1) is 6.58 Å². The second-order valence-corrected chi connectivity index (χ2v) is 6.14. The van der Waals surface area contributed by atoms with Crippen LogP contribution in [0.3, 0.4) is 0 Å². The van der Waals surface area contributed by atoms with Crippen LogP contribution >= 0.6 is 0 Å². The average molecular weight is 372 g/mol. The zero-order chi connectivity index (χ0) is 19.5. The highest BCUT2D eigenvalue weighted by molar-refractivity contribution is 5.85. The second-order valence-electron chi connectivity index (χ2n) is 6.14. The Labute approximate surface area is 154 Å². The number of piperazine rings is 1. The van der Waals surface area contributed by atoms with E-state index in [4.69, 9.17) is 15.6 Å². The quantitative estimate of drug-likeness (QED) is 0.188. The Morgan fingerprint density at radius 2 is 2.04 bits per heavy atom. The summed E-state index contributed by atoms with van der Waals surface area (Å²) < 4.78 is 5.37. The zero-order valence-electron chi connectivity index (χ0n) is 15.5. The summed E-state index contributed by atoms with van der Waals surface area (Å²) >= 11 is 0. The normalized spacial score (nSPS) is 18.7. The first kappa shape index (κ1) is 22.4. The first-order valence-electron chi connectivity index (χ1n) is 8.83. The highest BCUT2D eigenvalue weighted by atomic mass is 16.5. The second kappa shape index (κ2) is 11.9. The van der Waals surface area contributed by atoms with Gasteiger partial charge in [-0.3, -0.25) is 14.6 Å². The van der Waals surface area contributed by atoms with Crippen molar-refractivity contribution in [2.24, 2.45) is 5.73 Å². The highest BCUT2D eigenvalue weighted by Crippen LogP contribution is 2.11. The minimum atomic E-state index is -0.944. The highest BCUT2D eigenvalue weighted by Gasteiger charge is 2.25. The lowest BCUT2D eigenvalue weighted by Crippen LogP contribution is -2.53. The van der Waals surface area contributed by atoms with Gasteiger partial charge >= 0.3 is 0 Å². The van der Waals surface area contributed by atoms with Crippen LogP contribution in [0.5, 0.6) is 0 Å². The number of nitrogens with zero attached hydrogens (tertiary/aromatic N) is 3. The number of aliphatic hydroxyl groups excluding tert-OH is 3. The molecule has 1 rings (SSSR count). The maximum atomic E-state index is 11.9. The molecule has 2 unspecified atom stereocenters. The maximum Gasteiger partial charge on any atom is 0.225 e. The minimum Gasteiger partial charge on any atom is -0.510 e. The van der Waals surface area contributed by atoms with E-state index in [2.05, 4.69) is 11.5 Å². The van der Waals surface area contributed by atoms with Crippen LogP contribution in [0.2, 0.25) is 0 Å². The molecule has 0 aromatic rings. The van der Waals surface area contributed by atoms with Crippen LogP contribution in [0.4, 0.5) is 0 Å². The molecule has 5 N–H and O–H groups in total. The molecule has 0 saturated carbocycles. The molecule has 1 fully saturated rings. The number of nitrogens with two attached hydrogens (primary N) is 1. The third-order valence-corrected chi connectivity index (χ3v) is 4.26. The van der Waals surface area contributed by atoms with Crippen LogP contribution in [-0.4, -0.2) is 107 Å². The third-order valence-electron chi connectivity index (χ3n) is 4.26. The van der Waals surface area contributed by atoms with Crippen molar-refractivity contribution in [1.29, 1.82) is 0 Å². The molecule has 9 nitrogen and oxygen atoms in total. The summed E-state index contributed by atoms with van der Waals surface area (Å²) in [5.41, 5.74) is 5.54. The van der Waals surface area contributed by atoms with E-state index in [1.165, 1.54) is 0 Å². The molecular formula is C17H32N4O5. The van der Waals surface area contributed by atoms with Crippen molar-refractivity contribution in [3.05, 3.63) is 24.8 Å². The van der Waals surface area contributed by atoms with Crippen LogP contribution in [0.1, 0.15) is 6.92 Å². The number of ether oxygens (including phenoxy) is 1. The van der Waals surface area contributed by atoms with Gasteiger partial charge in [-0.2, -0.15) is 0 Å². The van der Waals surface area contributed by atoms with Gasteiger partial charge in [0.15, 0.2) is 5.78 Å². The van der Waals surface area contributed by atoms with E-state index in [1.807, 2.05) is 11.8 Å². The number of carbonyl (C=O) groups excluding carboxylic acids is 1. The fourth-order valence-electron chi connectivity index (χ4n) is 2.73. The predicted molar refractivity (Wildman–Crippen MR) is 98.2 cm³/mol. The Morgan fingerprint density at radius 3 is 2.54 bits per heavy atom. The van der Waals surface area contributed by atoms with Gasteiger partial charge < -0.3 is 30.7 Å².